The summed E-state index contributed by atoms with van der Waals surface area (Å²) in [6, 6.07) is 0. The highest BCUT2D eigenvalue weighted by atomic mass is 16.5. The minimum atomic E-state index is -1.14. The van der Waals surface area contributed by atoms with Crippen molar-refractivity contribution < 1.29 is 34.1 Å². The lowest BCUT2D eigenvalue weighted by Crippen LogP contribution is -2.25. The minimum absolute atomic E-state index is 0.0233. The summed E-state index contributed by atoms with van der Waals surface area (Å²) < 4.78 is 10.3. The number of ether oxygens (including phenoxy) is 2. The standard InChI is InChI=1S/C22H30O7/c1-7-15(23)17(25)9-13-12(3)18(10-16(13)24)29-21(27)19-14(22(19,4)5)8-11(2)20(26)28-6/h7-8,14-15,17-19,23,25H,1,9-10H2,2-6H3/b11-8+/t14-,15?,17+,18+,19+/m1/s1. The third kappa shape index (κ3) is 4.67. The lowest BCUT2D eigenvalue weighted by molar-refractivity contribution is -0.150. The smallest absolute Gasteiger partial charge is 0.333 e. The van der Waals surface area contributed by atoms with Crippen molar-refractivity contribution in [2.45, 2.75) is 58.8 Å². The topological polar surface area (TPSA) is 110 Å². The Kier molecular flexibility index (Phi) is 6.86. The number of carbonyl (C=O) groups excluding carboxylic acids is 3. The summed E-state index contributed by atoms with van der Waals surface area (Å²) in [4.78, 5) is 36.7. The van der Waals surface area contributed by atoms with E-state index in [1.54, 1.807) is 19.9 Å². The molecule has 0 aliphatic heterocycles. The fraction of sp³-hybridized carbons (Fsp3) is 0.591. The van der Waals surface area contributed by atoms with Crippen LogP contribution in [0.2, 0.25) is 0 Å². The average Bonchev–Trinajstić information content (AvgIpc) is 3.11. The lowest BCUT2D eigenvalue weighted by atomic mass is 10.0. The predicted octanol–water partition coefficient (Wildman–Crippen LogP) is 1.88. The van der Waals surface area contributed by atoms with Gasteiger partial charge >= 0.3 is 11.9 Å². The third-order valence-electron chi connectivity index (χ3n) is 6.08. The first kappa shape index (κ1) is 23.0. The first-order chi connectivity index (χ1) is 13.4. The molecule has 160 valence electrons. The molecule has 2 N–H and O–H groups in total. The summed E-state index contributed by atoms with van der Waals surface area (Å²) in [6.45, 7) is 10.6. The maximum atomic E-state index is 12.7. The zero-order valence-corrected chi connectivity index (χ0v) is 17.6. The second kappa shape index (κ2) is 8.63. The van der Waals surface area contributed by atoms with Gasteiger partial charge < -0.3 is 19.7 Å². The number of allylic oxidation sites excluding steroid dienone is 1. The molecule has 0 bridgehead atoms. The molecule has 7 heteroatoms. The number of Topliss-reactive ketones (excluding diaryl/α,β-unsaturated/α-hetero) is 1. The van der Waals surface area contributed by atoms with Gasteiger partial charge in [0.2, 0.25) is 0 Å². The molecule has 1 fully saturated rings. The van der Waals surface area contributed by atoms with Crippen LogP contribution in [0.1, 0.15) is 40.5 Å². The number of hydrogen-bond acceptors (Lipinski definition) is 7. The van der Waals surface area contributed by atoms with E-state index in [0.717, 1.165) is 0 Å². The van der Waals surface area contributed by atoms with Crippen molar-refractivity contribution in [2.75, 3.05) is 7.11 Å². The summed E-state index contributed by atoms with van der Waals surface area (Å²) in [5.41, 5.74) is 1.05. The monoisotopic (exact) mass is 406 g/mol. The van der Waals surface area contributed by atoms with Crippen LogP contribution in [0.5, 0.6) is 0 Å². The van der Waals surface area contributed by atoms with E-state index in [2.05, 4.69) is 6.58 Å². The largest absolute Gasteiger partial charge is 0.466 e. The fourth-order valence-corrected chi connectivity index (χ4v) is 3.90. The summed E-state index contributed by atoms with van der Waals surface area (Å²) in [7, 11) is 1.30. The Balaban J connectivity index is 2.08. The van der Waals surface area contributed by atoms with Gasteiger partial charge in [0.25, 0.3) is 0 Å². The molecule has 0 radical (unpaired) electrons. The van der Waals surface area contributed by atoms with Crippen LogP contribution in [-0.4, -0.2) is 53.4 Å². The Bertz CT molecular complexity index is 774. The van der Waals surface area contributed by atoms with Crippen molar-refractivity contribution >= 4 is 17.7 Å². The maximum Gasteiger partial charge on any atom is 0.333 e. The SMILES string of the molecule is C=CC(O)[C@@H](O)CC1=C(C)[C@@H](OC(=O)[C@@H]2[C@@H](/C=C(\C)C(=O)OC)C2(C)C)CC1=O. The van der Waals surface area contributed by atoms with E-state index in [1.807, 2.05) is 13.8 Å². The molecule has 0 spiro atoms. The average molecular weight is 406 g/mol. The molecule has 2 rings (SSSR count). The van der Waals surface area contributed by atoms with Crippen LogP contribution < -0.4 is 0 Å². The molecule has 1 saturated carbocycles. The predicted molar refractivity (Wildman–Crippen MR) is 106 cm³/mol. The molecular formula is C22H30O7. The van der Waals surface area contributed by atoms with Crippen molar-refractivity contribution in [2.24, 2.45) is 17.3 Å². The molecule has 7 nitrogen and oxygen atoms in total. The molecule has 29 heavy (non-hydrogen) atoms. The van der Waals surface area contributed by atoms with E-state index in [-0.39, 0.29) is 30.0 Å². The van der Waals surface area contributed by atoms with Gasteiger partial charge in [0.15, 0.2) is 5.78 Å². The van der Waals surface area contributed by atoms with Crippen LogP contribution in [0.4, 0.5) is 0 Å². The first-order valence-corrected chi connectivity index (χ1v) is 9.64. The third-order valence-corrected chi connectivity index (χ3v) is 6.08. The van der Waals surface area contributed by atoms with Gasteiger partial charge in [-0.1, -0.05) is 26.0 Å². The second-order valence-electron chi connectivity index (χ2n) is 8.38. The summed E-state index contributed by atoms with van der Waals surface area (Å²) >= 11 is 0. The zero-order valence-electron chi connectivity index (χ0n) is 17.6. The van der Waals surface area contributed by atoms with Gasteiger partial charge in [-0.2, -0.15) is 0 Å². The second-order valence-corrected chi connectivity index (χ2v) is 8.38. The van der Waals surface area contributed by atoms with Gasteiger partial charge in [-0.25, -0.2) is 4.79 Å². The van der Waals surface area contributed by atoms with E-state index >= 15 is 0 Å². The molecule has 1 unspecified atom stereocenters. The molecule has 2 aliphatic carbocycles. The van der Waals surface area contributed by atoms with Gasteiger partial charge in [-0.15, -0.1) is 6.58 Å². The number of aliphatic hydroxyl groups is 2. The summed E-state index contributed by atoms with van der Waals surface area (Å²) in [5, 5.41) is 19.6. The van der Waals surface area contributed by atoms with Crippen LogP contribution in [0.25, 0.3) is 0 Å². The number of hydrogen-bond donors (Lipinski definition) is 2. The molecule has 0 aromatic rings. The van der Waals surface area contributed by atoms with Crippen LogP contribution in [0.15, 0.2) is 35.5 Å². The van der Waals surface area contributed by atoms with Crippen molar-refractivity contribution in [3.05, 3.63) is 35.5 Å². The van der Waals surface area contributed by atoms with Crippen LogP contribution >= 0.6 is 0 Å². The van der Waals surface area contributed by atoms with Gasteiger partial charge in [0.05, 0.1) is 31.7 Å². The Morgan fingerprint density at radius 1 is 1.34 bits per heavy atom. The van der Waals surface area contributed by atoms with Gasteiger partial charge in [-0.3, -0.25) is 9.59 Å². The van der Waals surface area contributed by atoms with Crippen LogP contribution in [0.3, 0.4) is 0 Å². The normalized spacial score (nSPS) is 28.0. The van der Waals surface area contributed by atoms with Gasteiger partial charge in [-0.05, 0) is 30.8 Å². The highest BCUT2D eigenvalue weighted by Gasteiger charge is 2.62. The fourth-order valence-electron chi connectivity index (χ4n) is 3.90. The van der Waals surface area contributed by atoms with E-state index in [1.165, 1.54) is 13.2 Å². The van der Waals surface area contributed by atoms with Gasteiger partial charge in [0, 0.05) is 17.6 Å². The Labute approximate surface area is 171 Å². The molecule has 0 aromatic carbocycles. The Hall–Kier alpha value is -2.25. The molecule has 0 saturated heterocycles. The highest BCUT2D eigenvalue weighted by Crippen LogP contribution is 2.60. The van der Waals surface area contributed by atoms with Crippen molar-refractivity contribution in [1.29, 1.82) is 0 Å². The van der Waals surface area contributed by atoms with E-state index in [4.69, 9.17) is 9.47 Å². The molecule has 0 heterocycles. The Morgan fingerprint density at radius 2 is 1.97 bits per heavy atom. The van der Waals surface area contributed by atoms with Gasteiger partial charge in [0.1, 0.15) is 6.10 Å². The van der Waals surface area contributed by atoms with E-state index < -0.39 is 36.2 Å². The molecule has 5 atom stereocenters. The van der Waals surface area contributed by atoms with Crippen molar-refractivity contribution in [3.63, 3.8) is 0 Å². The highest BCUT2D eigenvalue weighted by molar-refractivity contribution is 6.00. The van der Waals surface area contributed by atoms with E-state index in [9.17, 15) is 24.6 Å². The number of rotatable bonds is 8. The maximum absolute atomic E-state index is 12.7. The lowest BCUT2D eigenvalue weighted by Gasteiger charge is -2.16. The van der Waals surface area contributed by atoms with Crippen LogP contribution in [0, 0.1) is 17.3 Å². The molecular weight excluding hydrogens is 376 g/mol. The van der Waals surface area contributed by atoms with Crippen molar-refractivity contribution in [1.82, 2.24) is 0 Å². The van der Waals surface area contributed by atoms with Crippen molar-refractivity contribution in [3.8, 4) is 0 Å². The van der Waals surface area contributed by atoms with Crippen LogP contribution in [-0.2, 0) is 23.9 Å². The number of carbonyl (C=O) groups is 3. The molecule has 0 amide bonds. The number of aliphatic hydroxyl groups excluding tert-OH is 2. The number of ketones is 1. The first-order valence-electron chi connectivity index (χ1n) is 9.64. The number of esters is 2. The summed E-state index contributed by atoms with van der Waals surface area (Å²) in [6.07, 6.45) is -0.0178. The Morgan fingerprint density at radius 3 is 2.52 bits per heavy atom. The molecule has 0 aromatic heterocycles. The summed E-state index contributed by atoms with van der Waals surface area (Å²) in [5.74, 6) is -1.63. The van der Waals surface area contributed by atoms with E-state index in [0.29, 0.717) is 16.7 Å². The molecule has 2 aliphatic rings. The number of methoxy groups -OCH3 is 1. The quantitative estimate of drug-likeness (QED) is 0.360. The minimum Gasteiger partial charge on any atom is -0.466 e. The zero-order chi connectivity index (χ0) is 22.1.